The van der Waals surface area contributed by atoms with Crippen LogP contribution in [-0.2, 0) is 6.42 Å². The highest BCUT2D eigenvalue weighted by Gasteiger charge is 2.33. The normalized spacial score (nSPS) is 11.8. The summed E-state index contributed by atoms with van der Waals surface area (Å²) in [5, 5.41) is 33.3. The van der Waals surface area contributed by atoms with Gasteiger partial charge in [0.05, 0.1) is 39.3 Å². The number of imidazole rings is 1. The Bertz CT molecular complexity index is 856. The number of non-ortho nitro benzene ring substituents is 1. The number of hydrogen-bond acceptors (Lipinski definition) is 9. The second kappa shape index (κ2) is 7.10. The van der Waals surface area contributed by atoms with Crippen molar-refractivity contribution in [3.63, 3.8) is 0 Å². The van der Waals surface area contributed by atoms with Crippen LogP contribution in [0.3, 0.4) is 0 Å². The Morgan fingerprint density at radius 2 is 1.69 bits per heavy atom. The van der Waals surface area contributed by atoms with Crippen LogP contribution < -0.4 is 10.5 Å². The van der Waals surface area contributed by atoms with Gasteiger partial charge in [-0.2, -0.15) is 4.98 Å². The van der Waals surface area contributed by atoms with Crippen molar-refractivity contribution >= 4 is 17.1 Å². The molecule has 0 aliphatic rings. The van der Waals surface area contributed by atoms with Crippen LogP contribution in [0.25, 0.3) is 0 Å². The van der Waals surface area contributed by atoms with Gasteiger partial charge in [0.2, 0.25) is 5.88 Å². The number of benzene rings is 1. The molecule has 138 valence electrons. The van der Waals surface area contributed by atoms with Crippen LogP contribution in [-0.4, -0.2) is 24.3 Å². The maximum absolute atomic E-state index is 11.2. The highest BCUT2D eigenvalue weighted by atomic mass is 16.6. The van der Waals surface area contributed by atoms with Gasteiger partial charge in [0, 0.05) is 6.42 Å². The zero-order chi connectivity index (χ0) is 19.6. The van der Waals surface area contributed by atoms with Crippen molar-refractivity contribution in [2.75, 3.05) is 0 Å². The molecular weight excluding hydrogens is 352 g/mol. The zero-order valence-corrected chi connectivity index (χ0v) is 13.7. The van der Waals surface area contributed by atoms with E-state index < -0.39 is 43.7 Å². The molecule has 1 atom stereocenters. The molecular formula is C13H14N6O7. The van der Waals surface area contributed by atoms with E-state index >= 15 is 0 Å². The summed E-state index contributed by atoms with van der Waals surface area (Å²) in [4.78, 5) is 34.5. The van der Waals surface area contributed by atoms with Gasteiger partial charge in [0.15, 0.2) is 0 Å². The molecule has 0 amide bonds. The minimum Gasteiger partial charge on any atom is -0.424 e. The van der Waals surface area contributed by atoms with Crippen molar-refractivity contribution in [3.05, 3.63) is 54.5 Å². The number of nitrogens with two attached hydrogens (primary N) is 1. The lowest BCUT2D eigenvalue weighted by molar-refractivity contribution is -0.404. The molecule has 1 heterocycles. The Balaban J connectivity index is 2.63. The fourth-order valence-corrected chi connectivity index (χ4v) is 2.24. The molecule has 26 heavy (non-hydrogen) atoms. The Hall–Kier alpha value is -3.61. The molecule has 0 fully saturated rings. The van der Waals surface area contributed by atoms with Crippen molar-refractivity contribution in [3.8, 4) is 11.6 Å². The van der Waals surface area contributed by atoms with Gasteiger partial charge in [0.1, 0.15) is 5.82 Å². The number of nitrogens with zero attached hydrogens (tertiary/aromatic N) is 5. The Labute approximate surface area is 145 Å². The van der Waals surface area contributed by atoms with Crippen LogP contribution in [0, 0.1) is 30.3 Å². The van der Waals surface area contributed by atoms with Crippen LogP contribution in [0.1, 0.15) is 25.8 Å². The van der Waals surface area contributed by atoms with E-state index in [1.54, 1.807) is 18.4 Å². The lowest BCUT2D eigenvalue weighted by Gasteiger charge is -2.08. The lowest BCUT2D eigenvalue weighted by Crippen LogP contribution is -2.16. The van der Waals surface area contributed by atoms with Crippen LogP contribution >= 0.6 is 0 Å². The van der Waals surface area contributed by atoms with Gasteiger partial charge in [-0.1, -0.05) is 6.92 Å². The number of ether oxygens (including phenoxy) is 1. The average molecular weight is 366 g/mol. The highest BCUT2D eigenvalue weighted by Crippen LogP contribution is 2.42. The van der Waals surface area contributed by atoms with E-state index in [9.17, 15) is 30.3 Å². The zero-order valence-electron chi connectivity index (χ0n) is 13.7. The van der Waals surface area contributed by atoms with Gasteiger partial charge >= 0.3 is 11.4 Å². The van der Waals surface area contributed by atoms with Crippen molar-refractivity contribution in [1.82, 2.24) is 9.55 Å². The fraction of sp³-hybridized carbons (Fsp3) is 0.308. The van der Waals surface area contributed by atoms with Gasteiger partial charge in [-0.25, -0.2) is 0 Å². The number of nitro groups is 3. The number of nitro benzene ring substituents is 3. The van der Waals surface area contributed by atoms with Gasteiger partial charge in [0.25, 0.3) is 11.4 Å². The Morgan fingerprint density at radius 3 is 2.04 bits per heavy atom. The third-order valence-corrected chi connectivity index (χ3v) is 3.39. The number of aryl methyl sites for hydroxylation is 1. The van der Waals surface area contributed by atoms with Crippen molar-refractivity contribution in [2.24, 2.45) is 5.73 Å². The van der Waals surface area contributed by atoms with Gasteiger partial charge < -0.3 is 15.0 Å². The summed E-state index contributed by atoms with van der Waals surface area (Å²) in [6.07, 6.45) is 1.34. The minimum atomic E-state index is -1.00. The molecule has 2 N–H and O–H groups in total. The van der Waals surface area contributed by atoms with E-state index in [2.05, 4.69) is 4.98 Å². The molecule has 1 aromatic carbocycles. The van der Waals surface area contributed by atoms with E-state index in [1.807, 2.05) is 0 Å². The summed E-state index contributed by atoms with van der Waals surface area (Å²) < 4.78 is 6.82. The van der Waals surface area contributed by atoms with E-state index in [1.165, 1.54) is 6.20 Å². The minimum absolute atomic E-state index is 0.154. The van der Waals surface area contributed by atoms with Crippen molar-refractivity contribution < 1.29 is 19.5 Å². The third kappa shape index (κ3) is 3.56. The van der Waals surface area contributed by atoms with Crippen LogP contribution in [0.2, 0.25) is 0 Å². The fourth-order valence-electron chi connectivity index (χ4n) is 2.24. The molecule has 0 aliphatic carbocycles. The van der Waals surface area contributed by atoms with E-state index in [4.69, 9.17) is 10.5 Å². The van der Waals surface area contributed by atoms with Gasteiger partial charge in [-0.05, 0) is 6.92 Å². The maximum Gasteiger partial charge on any atom is 0.325 e. The number of aromatic nitrogens is 2. The largest absolute Gasteiger partial charge is 0.424 e. The summed E-state index contributed by atoms with van der Waals surface area (Å²) in [5.41, 5.74) is 3.15. The second-order valence-electron chi connectivity index (χ2n) is 5.18. The summed E-state index contributed by atoms with van der Waals surface area (Å²) in [6, 6.07) is 1.18. The first-order valence-electron chi connectivity index (χ1n) is 7.28. The molecule has 0 aliphatic heterocycles. The van der Waals surface area contributed by atoms with Gasteiger partial charge in [-0.15, -0.1) is 0 Å². The van der Waals surface area contributed by atoms with Crippen molar-refractivity contribution in [1.29, 1.82) is 0 Å². The van der Waals surface area contributed by atoms with E-state index in [-0.39, 0.29) is 5.88 Å². The monoisotopic (exact) mass is 366 g/mol. The Kier molecular flexibility index (Phi) is 5.11. The summed E-state index contributed by atoms with van der Waals surface area (Å²) >= 11 is 0. The molecule has 1 unspecified atom stereocenters. The van der Waals surface area contributed by atoms with Crippen LogP contribution in [0.4, 0.5) is 17.1 Å². The lowest BCUT2D eigenvalue weighted by atomic mass is 10.2. The molecule has 2 rings (SSSR count). The van der Waals surface area contributed by atoms with Crippen LogP contribution in [0.5, 0.6) is 11.6 Å². The predicted octanol–water partition coefficient (Wildman–Crippen LogP) is 2.44. The highest BCUT2D eigenvalue weighted by molar-refractivity contribution is 5.66. The summed E-state index contributed by atoms with van der Waals surface area (Å²) in [5.74, 6) is -0.399. The Morgan fingerprint density at radius 1 is 1.15 bits per heavy atom. The van der Waals surface area contributed by atoms with Crippen molar-refractivity contribution in [2.45, 2.75) is 26.4 Å². The predicted molar refractivity (Wildman–Crippen MR) is 87.0 cm³/mol. The second-order valence-corrected chi connectivity index (χ2v) is 5.18. The van der Waals surface area contributed by atoms with E-state index in [0.717, 1.165) is 0 Å². The first-order valence-corrected chi connectivity index (χ1v) is 7.28. The standard InChI is InChI=1S/C13H14N6O7/c1-3-11-15-12(6-16(11)7(2)14)26-13-9(18(22)23)4-8(17(20)21)5-10(13)19(24)25/h4-7H,3,14H2,1-2H3. The molecule has 2 aromatic rings. The number of hydrogen-bond donors (Lipinski definition) is 1. The third-order valence-electron chi connectivity index (χ3n) is 3.39. The smallest absolute Gasteiger partial charge is 0.325 e. The molecule has 0 saturated heterocycles. The summed E-state index contributed by atoms with van der Waals surface area (Å²) in [6.45, 7) is 3.46. The average Bonchev–Trinajstić information content (AvgIpc) is 2.97. The van der Waals surface area contributed by atoms with Crippen LogP contribution in [0.15, 0.2) is 18.3 Å². The first kappa shape index (κ1) is 18.7. The molecule has 0 bridgehead atoms. The molecule has 0 spiro atoms. The van der Waals surface area contributed by atoms with E-state index in [0.29, 0.717) is 24.4 Å². The SMILES string of the molecule is CCc1nc(Oc2c([N+](=O)[O-])cc([N+](=O)[O-])cc2[N+](=O)[O-])cn1C(C)N. The molecule has 0 saturated carbocycles. The molecule has 1 aromatic heterocycles. The topological polar surface area (TPSA) is 182 Å². The first-order chi connectivity index (χ1) is 12.1. The molecule has 13 nitrogen and oxygen atoms in total. The summed E-state index contributed by atoms with van der Waals surface area (Å²) in [7, 11) is 0. The molecule has 0 radical (unpaired) electrons. The number of rotatable bonds is 7. The molecule has 13 heteroatoms. The van der Waals surface area contributed by atoms with Gasteiger partial charge in [-0.3, -0.25) is 30.3 Å². The maximum atomic E-state index is 11.2. The quantitative estimate of drug-likeness (QED) is 0.567.